The van der Waals surface area contributed by atoms with E-state index < -0.39 is 11.9 Å². The average molecular weight is 224 g/mol. The van der Waals surface area contributed by atoms with Crippen LogP contribution in [0.4, 0.5) is 10.1 Å². The van der Waals surface area contributed by atoms with Crippen molar-refractivity contribution in [2.24, 2.45) is 5.73 Å². The van der Waals surface area contributed by atoms with Crippen molar-refractivity contribution in [2.45, 2.75) is 26.3 Å². The summed E-state index contributed by atoms with van der Waals surface area (Å²) in [4.78, 5) is 13.3. The summed E-state index contributed by atoms with van der Waals surface area (Å²) in [5.41, 5.74) is 5.96. The summed E-state index contributed by atoms with van der Waals surface area (Å²) in [6.45, 7) is 4.04. The third-order valence-corrected chi connectivity index (χ3v) is 2.48. The van der Waals surface area contributed by atoms with Crippen LogP contribution >= 0.6 is 0 Å². The molecule has 0 aliphatic carbocycles. The molecule has 0 aromatic heterocycles. The molecule has 0 aliphatic heterocycles. The van der Waals surface area contributed by atoms with Crippen molar-refractivity contribution < 1.29 is 9.18 Å². The van der Waals surface area contributed by atoms with Gasteiger partial charge in [0.15, 0.2) is 0 Å². The molecule has 0 spiro atoms. The number of carbonyl (C=O) groups is 1. The molecule has 0 fully saturated rings. The van der Waals surface area contributed by atoms with Crippen molar-refractivity contribution in [2.75, 3.05) is 11.4 Å². The number of hydrogen-bond acceptors (Lipinski definition) is 2. The van der Waals surface area contributed by atoms with Crippen LogP contribution in [0.25, 0.3) is 0 Å². The third kappa shape index (κ3) is 2.58. The summed E-state index contributed by atoms with van der Waals surface area (Å²) in [6.07, 6.45) is 0.545. The molecule has 3 nitrogen and oxygen atoms in total. The Labute approximate surface area is 95.0 Å². The molecule has 1 aromatic rings. The van der Waals surface area contributed by atoms with Crippen molar-refractivity contribution in [3.63, 3.8) is 0 Å². The molecule has 2 N–H and O–H groups in total. The lowest BCUT2D eigenvalue weighted by atomic mass is 10.2. The van der Waals surface area contributed by atoms with Crippen LogP contribution in [-0.2, 0) is 4.79 Å². The minimum absolute atomic E-state index is 0.241. The molecule has 0 heterocycles. The van der Waals surface area contributed by atoms with E-state index in [0.29, 0.717) is 18.7 Å². The number of para-hydroxylation sites is 1. The smallest absolute Gasteiger partial charge is 0.243 e. The highest BCUT2D eigenvalue weighted by Gasteiger charge is 2.21. The van der Waals surface area contributed by atoms with Crippen molar-refractivity contribution >= 4 is 11.6 Å². The zero-order valence-corrected chi connectivity index (χ0v) is 9.61. The highest BCUT2D eigenvalue weighted by molar-refractivity contribution is 5.97. The molecule has 0 saturated carbocycles. The molecule has 4 heteroatoms. The van der Waals surface area contributed by atoms with Crippen LogP contribution in [0.15, 0.2) is 24.3 Å². The van der Waals surface area contributed by atoms with Crippen molar-refractivity contribution in [1.82, 2.24) is 0 Å². The van der Waals surface area contributed by atoms with Gasteiger partial charge in [-0.2, -0.15) is 0 Å². The van der Waals surface area contributed by atoms with Crippen molar-refractivity contribution in [1.29, 1.82) is 0 Å². The van der Waals surface area contributed by atoms with Crippen LogP contribution in [0, 0.1) is 5.82 Å². The van der Waals surface area contributed by atoms with E-state index in [1.54, 1.807) is 25.1 Å². The third-order valence-electron chi connectivity index (χ3n) is 2.48. The largest absolute Gasteiger partial charge is 0.320 e. The Balaban J connectivity index is 2.99. The predicted molar refractivity (Wildman–Crippen MR) is 62.7 cm³/mol. The van der Waals surface area contributed by atoms with Crippen LogP contribution in [0.1, 0.15) is 20.3 Å². The first-order valence-electron chi connectivity index (χ1n) is 5.43. The quantitative estimate of drug-likeness (QED) is 0.849. The molecular formula is C12H17FN2O. The Morgan fingerprint density at radius 2 is 2.06 bits per heavy atom. The van der Waals surface area contributed by atoms with Gasteiger partial charge in [0.2, 0.25) is 5.91 Å². The van der Waals surface area contributed by atoms with E-state index in [2.05, 4.69) is 0 Å². The van der Waals surface area contributed by atoms with Gasteiger partial charge in [0.25, 0.3) is 0 Å². The molecular weight excluding hydrogens is 207 g/mol. The molecule has 1 amide bonds. The molecule has 1 atom stereocenters. The Bertz CT molecular complexity index is 368. The summed E-state index contributed by atoms with van der Waals surface area (Å²) in [6, 6.07) is 5.64. The lowest BCUT2D eigenvalue weighted by molar-refractivity contribution is -0.119. The van der Waals surface area contributed by atoms with Gasteiger partial charge in [-0.05, 0) is 25.5 Å². The molecule has 88 valence electrons. The zero-order valence-electron chi connectivity index (χ0n) is 9.61. The minimum Gasteiger partial charge on any atom is -0.320 e. The van der Waals surface area contributed by atoms with Crippen LogP contribution in [-0.4, -0.2) is 18.5 Å². The molecule has 0 saturated heterocycles. The lowest BCUT2D eigenvalue weighted by Crippen LogP contribution is -2.43. The van der Waals surface area contributed by atoms with Gasteiger partial charge in [-0.3, -0.25) is 4.79 Å². The Kier molecular flexibility index (Phi) is 4.43. The first-order valence-corrected chi connectivity index (χ1v) is 5.43. The first-order chi connectivity index (χ1) is 7.61. The number of amides is 1. The SMILES string of the molecule is CC[C@H](N)C(=O)N(CC)c1ccccc1F. The van der Waals surface area contributed by atoms with E-state index >= 15 is 0 Å². The van der Waals surface area contributed by atoms with Gasteiger partial charge >= 0.3 is 0 Å². The van der Waals surface area contributed by atoms with Gasteiger partial charge < -0.3 is 10.6 Å². The number of benzene rings is 1. The second kappa shape index (κ2) is 5.61. The van der Waals surface area contributed by atoms with Gasteiger partial charge in [0.05, 0.1) is 11.7 Å². The fraction of sp³-hybridized carbons (Fsp3) is 0.417. The predicted octanol–water partition coefficient (Wildman–Crippen LogP) is 1.92. The first kappa shape index (κ1) is 12.6. The molecule has 0 unspecified atom stereocenters. The van der Waals surface area contributed by atoms with E-state index in [1.165, 1.54) is 11.0 Å². The van der Waals surface area contributed by atoms with Crippen LogP contribution < -0.4 is 10.6 Å². The van der Waals surface area contributed by atoms with Crippen LogP contribution in [0.2, 0.25) is 0 Å². The zero-order chi connectivity index (χ0) is 12.1. The molecule has 0 radical (unpaired) electrons. The van der Waals surface area contributed by atoms with Crippen molar-refractivity contribution in [3.8, 4) is 0 Å². The maximum Gasteiger partial charge on any atom is 0.243 e. The standard InChI is InChI=1S/C12H17FN2O/c1-3-10(14)12(16)15(4-2)11-8-6-5-7-9(11)13/h5-8,10H,3-4,14H2,1-2H3/t10-/m0/s1. The van der Waals surface area contributed by atoms with Crippen LogP contribution in [0.5, 0.6) is 0 Å². The average Bonchev–Trinajstić information content (AvgIpc) is 2.31. The minimum atomic E-state index is -0.570. The number of anilines is 1. The van der Waals surface area contributed by atoms with E-state index in [-0.39, 0.29) is 5.91 Å². The Hall–Kier alpha value is -1.42. The second-order valence-electron chi connectivity index (χ2n) is 3.55. The van der Waals surface area contributed by atoms with Crippen molar-refractivity contribution in [3.05, 3.63) is 30.1 Å². The summed E-state index contributed by atoms with van der Waals surface area (Å²) >= 11 is 0. The maximum atomic E-state index is 13.5. The summed E-state index contributed by atoms with van der Waals surface area (Å²) in [5.74, 6) is -0.642. The maximum absolute atomic E-state index is 13.5. The summed E-state index contributed by atoms with van der Waals surface area (Å²) < 4.78 is 13.5. The second-order valence-corrected chi connectivity index (χ2v) is 3.55. The molecule has 1 rings (SSSR count). The number of nitrogens with zero attached hydrogens (tertiary/aromatic N) is 1. The van der Waals surface area contributed by atoms with E-state index in [9.17, 15) is 9.18 Å². The number of carbonyl (C=O) groups excluding carboxylic acids is 1. The van der Waals surface area contributed by atoms with Gasteiger partial charge in [-0.15, -0.1) is 0 Å². The molecule has 16 heavy (non-hydrogen) atoms. The number of likely N-dealkylation sites (N-methyl/N-ethyl adjacent to an activating group) is 1. The normalized spacial score (nSPS) is 12.2. The molecule has 1 aromatic carbocycles. The topological polar surface area (TPSA) is 46.3 Å². The number of nitrogens with two attached hydrogens (primary N) is 1. The van der Waals surface area contributed by atoms with Gasteiger partial charge in [-0.1, -0.05) is 19.1 Å². The van der Waals surface area contributed by atoms with Gasteiger partial charge in [0, 0.05) is 6.54 Å². The Morgan fingerprint density at radius 3 is 2.56 bits per heavy atom. The molecule has 0 bridgehead atoms. The molecule has 0 aliphatic rings. The number of hydrogen-bond donors (Lipinski definition) is 1. The fourth-order valence-electron chi connectivity index (χ4n) is 1.49. The fourth-order valence-corrected chi connectivity index (χ4v) is 1.49. The summed E-state index contributed by atoms with van der Waals surface area (Å²) in [5, 5.41) is 0. The highest BCUT2D eigenvalue weighted by atomic mass is 19.1. The van der Waals surface area contributed by atoms with Gasteiger partial charge in [-0.25, -0.2) is 4.39 Å². The van der Waals surface area contributed by atoms with E-state index in [4.69, 9.17) is 5.73 Å². The van der Waals surface area contributed by atoms with Gasteiger partial charge in [0.1, 0.15) is 5.82 Å². The monoisotopic (exact) mass is 224 g/mol. The highest BCUT2D eigenvalue weighted by Crippen LogP contribution is 2.19. The summed E-state index contributed by atoms with van der Waals surface area (Å²) in [7, 11) is 0. The van der Waals surface area contributed by atoms with E-state index in [1.807, 2.05) is 6.92 Å². The van der Waals surface area contributed by atoms with Crippen LogP contribution in [0.3, 0.4) is 0 Å². The van der Waals surface area contributed by atoms with E-state index in [0.717, 1.165) is 0 Å². The number of halogens is 1. The number of rotatable bonds is 4. The lowest BCUT2D eigenvalue weighted by Gasteiger charge is -2.24. The Morgan fingerprint density at radius 1 is 1.44 bits per heavy atom.